The Morgan fingerprint density at radius 1 is 1.62 bits per heavy atom. The van der Waals surface area contributed by atoms with Gasteiger partial charge in [0.25, 0.3) is 6.43 Å². The molecule has 4 nitrogen and oxygen atoms in total. The van der Waals surface area contributed by atoms with Gasteiger partial charge in [0.1, 0.15) is 0 Å². The number of nitriles is 1. The molecule has 1 aromatic rings. The van der Waals surface area contributed by atoms with E-state index < -0.39 is 6.43 Å². The summed E-state index contributed by atoms with van der Waals surface area (Å²) >= 11 is 0. The van der Waals surface area contributed by atoms with Crippen LogP contribution in [-0.4, -0.2) is 12.1 Å². The maximum Gasteiger partial charge on any atom is 0.269 e. The maximum atomic E-state index is 12.8. The van der Waals surface area contributed by atoms with Crippen LogP contribution in [0.2, 0.25) is 0 Å². The zero-order chi connectivity index (χ0) is 12.1. The second kappa shape index (κ2) is 5.37. The SMILES string of the molecule is COc1nc(CN)cc(CC#N)c1C(F)F. The zero-order valence-electron chi connectivity index (χ0n) is 8.70. The van der Waals surface area contributed by atoms with Crippen LogP contribution in [0.1, 0.15) is 23.2 Å². The minimum Gasteiger partial charge on any atom is -0.481 e. The second-order valence-electron chi connectivity index (χ2n) is 3.04. The molecule has 0 aliphatic heterocycles. The average molecular weight is 227 g/mol. The number of alkyl halides is 2. The molecule has 0 aliphatic rings. The van der Waals surface area contributed by atoms with E-state index in [1.165, 1.54) is 13.2 Å². The highest BCUT2D eigenvalue weighted by atomic mass is 19.3. The van der Waals surface area contributed by atoms with Crippen molar-refractivity contribution in [2.24, 2.45) is 5.73 Å². The summed E-state index contributed by atoms with van der Waals surface area (Å²) < 4.78 is 30.3. The Kier molecular flexibility index (Phi) is 4.14. The smallest absolute Gasteiger partial charge is 0.269 e. The van der Waals surface area contributed by atoms with Crippen LogP contribution < -0.4 is 10.5 Å². The van der Waals surface area contributed by atoms with Crippen molar-refractivity contribution in [2.45, 2.75) is 19.4 Å². The lowest BCUT2D eigenvalue weighted by molar-refractivity contribution is 0.145. The van der Waals surface area contributed by atoms with Gasteiger partial charge in [0.15, 0.2) is 0 Å². The third-order valence-corrected chi connectivity index (χ3v) is 2.05. The third-order valence-electron chi connectivity index (χ3n) is 2.05. The number of nitrogens with two attached hydrogens (primary N) is 1. The lowest BCUT2D eigenvalue weighted by atomic mass is 10.1. The van der Waals surface area contributed by atoms with Crippen molar-refractivity contribution in [1.29, 1.82) is 5.26 Å². The molecular weight excluding hydrogens is 216 g/mol. The van der Waals surface area contributed by atoms with Crippen molar-refractivity contribution >= 4 is 0 Å². The fourth-order valence-electron chi connectivity index (χ4n) is 1.36. The van der Waals surface area contributed by atoms with E-state index in [1.54, 1.807) is 0 Å². The molecule has 0 saturated heterocycles. The van der Waals surface area contributed by atoms with Gasteiger partial charge >= 0.3 is 0 Å². The van der Waals surface area contributed by atoms with Crippen LogP contribution >= 0.6 is 0 Å². The van der Waals surface area contributed by atoms with E-state index in [4.69, 9.17) is 15.7 Å². The van der Waals surface area contributed by atoms with Gasteiger partial charge in [-0.05, 0) is 11.6 Å². The van der Waals surface area contributed by atoms with Crippen molar-refractivity contribution in [1.82, 2.24) is 4.98 Å². The molecule has 0 fully saturated rings. The molecule has 0 bridgehead atoms. The molecular formula is C10H11F2N3O. The van der Waals surface area contributed by atoms with E-state index in [9.17, 15) is 8.78 Å². The van der Waals surface area contributed by atoms with Gasteiger partial charge in [-0.15, -0.1) is 0 Å². The van der Waals surface area contributed by atoms with Gasteiger partial charge in [0, 0.05) is 6.54 Å². The fraction of sp³-hybridized carbons (Fsp3) is 0.400. The Morgan fingerprint density at radius 2 is 2.31 bits per heavy atom. The van der Waals surface area contributed by atoms with Gasteiger partial charge in [-0.2, -0.15) is 5.26 Å². The van der Waals surface area contributed by atoms with Crippen molar-refractivity contribution in [3.8, 4) is 11.9 Å². The van der Waals surface area contributed by atoms with Gasteiger partial charge in [0.2, 0.25) is 5.88 Å². The summed E-state index contributed by atoms with van der Waals surface area (Å²) in [5, 5.41) is 8.57. The van der Waals surface area contributed by atoms with E-state index in [0.29, 0.717) is 5.69 Å². The molecule has 0 aliphatic carbocycles. The summed E-state index contributed by atoms with van der Waals surface area (Å²) in [6.45, 7) is 0.109. The largest absolute Gasteiger partial charge is 0.481 e. The molecule has 1 rings (SSSR count). The maximum absolute atomic E-state index is 12.8. The van der Waals surface area contributed by atoms with Gasteiger partial charge in [-0.25, -0.2) is 13.8 Å². The summed E-state index contributed by atoms with van der Waals surface area (Å²) in [7, 11) is 1.25. The molecule has 0 saturated carbocycles. The van der Waals surface area contributed by atoms with Crippen LogP contribution in [0, 0.1) is 11.3 Å². The third kappa shape index (κ3) is 2.44. The number of rotatable bonds is 4. The van der Waals surface area contributed by atoms with Gasteiger partial charge in [0.05, 0.1) is 30.9 Å². The first-order valence-corrected chi connectivity index (χ1v) is 4.55. The number of hydrogen-bond donors (Lipinski definition) is 1. The van der Waals surface area contributed by atoms with Crippen molar-refractivity contribution in [2.75, 3.05) is 7.11 Å². The van der Waals surface area contributed by atoms with E-state index >= 15 is 0 Å². The Balaban J connectivity index is 3.36. The highest BCUT2D eigenvalue weighted by molar-refractivity contribution is 5.39. The summed E-state index contributed by atoms with van der Waals surface area (Å²) in [5.74, 6) is -0.164. The van der Waals surface area contributed by atoms with Gasteiger partial charge < -0.3 is 10.5 Å². The standard InChI is InChI=1S/C10H11F2N3O/c1-16-10-8(9(11)12)6(2-3-13)4-7(5-14)15-10/h4,9H,2,5,14H2,1H3. The lowest BCUT2D eigenvalue weighted by Crippen LogP contribution is -2.07. The monoisotopic (exact) mass is 227 g/mol. The van der Waals surface area contributed by atoms with Crippen LogP contribution in [0.5, 0.6) is 5.88 Å². The minimum atomic E-state index is -2.72. The number of methoxy groups -OCH3 is 1. The predicted octanol–water partition coefficient (Wildman–Crippen LogP) is 1.55. The highest BCUT2D eigenvalue weighted by Gasteiger charge is 2.21. The molecule has 0 spiro atoms. The second-order valence-corrected chi connectivity index (χ2v) is 3.04. The number of nitrogens with zero attached hydrogens (tertiary/aromatic N) is 2. The molecule has 86 valence electrons. The Bertz CT molecular complexity index is 415. The average Bonchev–Trinajstić information content (AvgIpc) is 2.27. The number of halogens is 2. The van der Waals surface area contributed by atoms with Crippen LogP contribution in [0.15, 0.2) is 6.07 Å². The molecule has 16 heavy (non-hydrogen) atoms. The van der Waals surface area contributed by atoms with Crippen LogP contribution in [0.25, 0.3) is 0 Å². The zero-order valence-corrected chi connectivity index (χ0v) is 8.70. The van der Waals surface area contributed by atoms with E-state index in [0.717, 1.165) is 0 Å². The fourth-order valence-corrected chi connectivity index (χ4v) is 1.36. The molecule has 0 amide bonds. The molecule has 1 aromatic heterocycles. The first-order chi connectivity index (χ1) is 7.63. The molecule has 6 heteroatoms. The predicted molar refractivity (Wildman–Crippen MR) is 53.0 cm³/mol. The van der Waals surface area contributed by atoms with E-state index in [-0.39, 0.29) is 30.0 Å². The summed E-state index contributed by atoms with van der Waals surface area (Å²) in [5.41, 5.74) is 5.68. The highest BCUT2D eigenvalue weighted by Crippen LogP contribution is 2.31. The summed E-state index contributed by atoms with van der Waals surface area (Å²) in [6, 6.07) is 3.23. The van der Waals surface area contributed by atoms with Crippen LogP contribution in [0.3, 0.4) is 0 Å². The molecule has 0 aromatic carbocycles. The van der Waals surface area contributed by atoms with E-state index in [1.807, 2.05) is 6.07 Å². The molecule has 0 radical (unpaired) electrons. The van der Waals surface area contributed by atoms with Gasteiger partial charge in [-0.1, -0.05) is 0 Å². The topological polar surface area (TPSA) is 71.9 Å². The number of hydrogen-bond acceptors (Lipinski definition) is 4. The molecule has 2 N–H and O–H groups in total. The first-order valence-electron chi connectivity index (χ1n) is 4.55. The number of ether oxygens (including phenoxy) is 1. The molecule has 0 atom stereocenters. The van der Waals surface area contributed by atoms with E-state index in [2.05, 4.69) is 4.98 Å². The number of pyridine rings is 1. The lowest BCUT2D eigenvalue weighted by Gasteiger charge is -2.12. The Morgan fingerprint density at radius 3 is 2.75 bits per heavy atom. The van der Waals surface area contributed by atoms with Crippen molar-refractivity contribution < 1.29 is 13.5 Å². The Hall–Kier alpha value is -1.74. The van der Waals surface area contributed by atoms with Crippen LogP contribution in [0.4, 0.5) is 8.78 Å². The minimum absolute atomic E-state index is 0.109. The Labute approximate surface area is 91.7 Å². The molecule has 1 heterocycles. The van der Waals surface area contributed by atoms with Crippen molar-refractivity contribution in [3.63, 3.8) is 0 Å². The molecule has 0 unspecified atom stereocenters. The normalized spacial score (nSPS) is 10.2. The quantitative estimate of drug-likeness (QED) is 0.847. The first kappa shape index (κ1) is 12.3. The van der Waals surface area contributed by atoms with Crippen LogP contribution in [-0.2, 0) is 13.0 Å². The van der Waals surface area contributed by atoms with Gasteiger partial charge in [-0.3, -0.25) is 0 Å². The summed E-state index contributed by atoms with van der Waals surface area (Å²) in [6.07, 6.45) is -2.84. The summed E-state index contributed by atoms with van der Waals surface area (Å²) in [4.78, 5) is 3.84. The van der Waals surface area contributed by atoms with Crippen molar-refractivity contribution in [3.05, 3.63) is 22.9 Å². The number of aromatic nitrogens is 1.